The fourth-order valence-electron chi connectivity index (χ4n) is 0.362. The Labute approximate surface area is 58.1 Å². The fourth-order valence-corrected chi connectivity index (χ4v) is 0.626. The van der Waals surface area contributed by atoms with Crippen molar-refractivity contribution >= 4 is 15.9 Å². The van der Waals surface area contributed by atoms with Crippen molar-refractivity contribution < 1.29 is 0 Å². The summed E-state index contributed by atoms with van der Waals surface area (Å²) >= 11 is 3.14. The molecule has 0 aliphatic heterocycles. The molecule has 0 bridgehead atoms. The summed E-state index contributed by atoms with van der Waals surface area (Å²) in [5, 5.41) is 8.08. The van der Waals surface area contributed by atoms with E-state index in [0.29, 0.717) is 6.42 Å². The standard InChI is InChI=1S/C6H8BrN/c7-5-3-1-2-4-6-8/h3,5H,1-2,4H2/b5-3-. The third-order valence-electron chi connectivity index (χ3n) is 0.748. The van der Waals surface area contributed by atoms with Crippen molar-refractivity contribution in [1.29, 1.82) is 5.26 Å². The molecular formula is C6H8BrN. The number of unbranched alkanes of at least 4 members (excludes halogenated alkanes) is 2. The van der Waals surface area contributed by atoms with Crippen molar-refractivity contribution in [1.82, 2.24) is 0 Å². The van der Waals surface area contributed by atoms with E-state index in [1.54, 1.807) is 0 Å². The molecule has 1 nitrogen and oxygen atoms in total. The molecule has 0 spiro atoms. The molecule has 0 heterocycles. The summed E-state index contributed by atoms with van der Waals surface area (Å²) in [5.41, 5.74) is 0. The number of nitrogens with zero attached hydrogens (tertiary/aromatic N) is 1. The molecule has 0 aromatic carbocycles. The highest BCUT2D eigenvalue weighted by Gasteiger charge is 1.78. The second-order valence-electron chi connectivity index (χ2n) is 1.41. The predicted molar refractivity (Wildman–Crippen MR) is 37.5 cm³/mol. The summed E-state index contributed by atoms with van der Waals surface area (Å²) in [7, 11) is 0. The minimum Gasteiger partial charge on any atom is -0.198 e. The third kappa shape index (κ3) is 5.71. The van der Waals surface area contributed by atoms with Gasteiger partial charge >= 0.3 is 0 Å². The van der Waals surface area contributed by atoms with Crippen molar-refractivity contribution in [3.8, 4) is 6.07 Å². The second kappa shape index (κ2) is 6.71. The lowest BCUT2D eigenvalue weighted by atomic mass is 10.2. The van der Waals surface area contributed by atoms with Gasteiger partial charge in [-0.2, -0.15) is 5.26 Å². The summed E-state index contributed by atoms with van der Waals surface area (Å²) in [6, 6.07) is 2.08. The van der Waals surface area contributed by atoms with Crippen LogP contribution in [0.5, 0.6) is 0 Å². The van der Waals surface area contributed by atoms with Crippen molar-refractivity contribution in [2.45, 2.75) is 19.3 Å². The van der Waals surface area contributed by atoms with Crippen molar-refractivity contribution in [2.75, 3.05) is 0 Å². The van der Waals surface area contributed by atoms with E-state index in [1.165, 1.54) is 0 Å². The Balaban J connectivity index is 2.85. The Morgan fingerprint density at radius 3 is 2.88 bits per heavy atom. The molecule has 0 radical (unpaired) electrons. The van der Waals surface area contributed by atoms with Gasteiger partial charge < -0.3 is 0 Å². The summed E-state index contributed by atoms with van der Waals surface area (Å²) < 4.78 is 0. The first-order valence-electron chi connectivity index (χ1n) is 2.54. The van der Waals surface area contributed by atoms with Gasteiger partial charge in [0.15, 0.2) is 0 Å². The number of halogens is 1. The average molecular weight is 174 g/mol. The third-order valence-corrected chi connectivity index (χ3v) is 1.12. The molecule has 0 aromatic heterocycles. The van der Waals surface area contributed by atoms with Gasteiger partial charge in [-0.15, -0.1) is 0 Å². The molecule has 0 saturated carbocycles. The lowest BCUT2D eigenvalue weighted by Gasteiger charge is -1.81. The minimum absolute atomic E-state index is 0.664. The van der Waals surface area contributed by atoms with E-state index in [9.17, 15) is 0 Å². The highest BCUT2D eigenvalue weighted by Crippen LogP contribution is 1.95. The van der Waals surface area contributed by atoms with Crippen LogP contribution in [0.15, 0.2) is 11.1 Å². The van der Waals surface area contributed by atoms with Crippen LogP contribution in [-0.2, 0) is 0 Å². The maximum absolute atomic E-state index is 8.08. The van der Waals surface area contributed by atoms with Crippen LogP contribution in [0.2, 0.25) is 0 Å². The monoisotopic (exact) mass is 173 g/mol. The minimum atomic E-state index is 0.664. The van der Waals surface area contributed by atoms with Gasteiger partial charge in [-0.05, 0) is 17.8 Å². The maximum atomic E-state index is 8.08. The maximum Gasteiger partial charge on any atom is 0.0621 e. The van der Waals surface area contributed by atoms with E-state index in [1.807, 2.05) is 11.1 Å². The van der Waals surface area contributed by atoms with Gasteiger partial charge in [-0.1, -0.05) is 22.0 Å². The lowest BCUT2D eigenvalue weighted by Crippen LogP contribution is -1.65. The van der Waals surface area contributed by atoms with Gasteiger partial charge in [0, 0.05) is 6.42 Å². The summed E-state index contributed by atoms with van der Waals surface area (Å²) in [6.45, 7) is 0. The zero-order valence-corrected chi connectivity index (χ0v) is 6.19. The average Bonchev–Trinajstić information content (AvgIpc) is 1.81. The van der Waals surface area contributed by atoms with Crippen LogP contribution in [0, 0.1) is 11.3 Å². The Morgan fingerprint density at radius 1 is 1.62 bits per heavy atom. The van der Waals surface area contributed by atoms with Crippen LogP contribution in [0.4, 0.5) is 0 Å². The van der Waals surface area contributed by atoms with Crippen molar-refractivity contribution in [3.05, 3.63) is 11.1 Å². The molecule has 0 saturated heterocycles. The second-order valence-corrected chi connectivity index (χ2v) is 1.94. The van der Waals surface area contributed by atoms with Gasteiger partial charge in [-0.3, -0.25) is 0 Å². The first-order valence-corrected chi connectivity index (χ1v) is 3.45. The van der Waals surface area contributed by atoms with E-state index in [2.05, 4.69) is 22.0 Å². The number of allylic oxidation sites excluding steroid dienone is 1. The van der Waals surface area contributed by atoms with Gasteiger partial charge in [-0.25, -0.2) is 0 Å². The smallest absolute Gasteiger partial charge is 0.0621 e. The largest absolute Gasteiger partial charge is 0.198 e. The van der Waals surface area contributed by atoms with Gasteiger partial charge in [0.05, 0.1) is 6.07 Å². The van der Waals surface area contributed by atoms with Crippen LogP contribution in [0.3, 0.4) is 0 Å². The van der Waals surface area contributed by atoms with E-state index in [4.69, 9.17) is 5.26 Å². The summed E-state index contributed by atoms with van der Waals surface area (Å²) in [4.78, 5) is 1.82. The Bertz CT molecular complexity index is 102. The quantitative estimate of drug-likeness (QED) is 0.603. The van der Waals surface area contributed by atoms with E-state index >= 15 is 0 Å². The first-order chi connectivity index (χ1) is 3.91. The molecular weight excluding hydrogens is 166 g/mol. The highest BCUT2D eigenvalue weighted by molar-refractivity contribution is 9.11. The molecule has 0 atom stereocenters. The van der Waals surface area contributed by atoms with E-state index in [-0.39, 0.29) is 0 Å². The topological polar surface area (TPSA) is 23.8 Å². The molecule has 8 heavy (non-hydrogen) atoms. The van der Waals surface area contributed by atoms with Gasteiger partial charge in [0.2, 0.25) is 0 Å². The molecule has 0 aliphatic carbocycles. The number of nitriles is 1. The molecule has 0 unspecified atom stereocenters. The molecule has 0 aliphatic rings. The summed E-state index contributed by atoms with van der Waals surface area (Å²) in [6.07, 6.45) is 4.63. The summed E-state index contributed by atoms with van der Waals surface area (Å²) in [5.74, 6) is 0. The Morgan fingerprint density at radius 2 is 2.38 bits per heavy atom. The van der Waals surface area contributed by atoms with Crippen LogP contribution in [-0.4, -0.2) is 0 Å². The predicted octanol–water partition coefficient (Wildman–Crippen LogP) is 2.59. The zero-order valence-electron chi connectivity index (χ0n) is 4.60. The number of hydrogen-bond acceptors (Lipinski definition) is 1. The lowest BCUT2D eigenvalue weighted by molar-refractivity contribution is 0.878. The first kappa shape index (κ1) is 7.71. The van der Waals surface area contributed by atoms with Crippen LogP contribution >= 0.6 is 15.9 Å². The van der Waals surface area contributed by atoms with Gasteiger partial charge in [0.1, 0.15) is 0 Å². The number of rotatable bonds is 3. The van der Waals surface area contributed by atoms with Gasteiger partial charge in [0.25, 0.3) is 0 Å². The molecule has 0 fully saturated rings. The van der Waals surface area contributed by atoms with Crippen molar-refractivity contribution in [3.63, 3.8) is 0 Å². The van der Waals surface area contributed by atoms with Crippen molar-refractivity contribution in [2.24, 2.45) is 0 Å². The molecule has 44 valence electrons. The van der Waals surface area contributed by atoms with Crippen LogP contribution in [0.25, 0.3) is 0 Å². The normalized spacial score (nSPS) is 9.50. The molecule has 2 heteroatoms. The van der Waals surface area contributed by atoms with E-state index in [0.717, 1.165) is 12.8 Å². The zero-order chi connectivity index (χ0) is 6.24. The molecule has 0 aromatic rings. The highest BCUT2D eigenvalue weighted by atomic mass is 79.9. The number of hydrogen-bond donors (Lipinski definition) is 0. The van der Waals surface area contributed by atoms with E-state index < -0.39 is 0 Å². The SMILES string of the molecule is N#CCCC/C=C\Br. The Kier molecular flexibility index (Phi) is 6.47. The van der Waals surface area contributed by atoms with Crippen LogP contribution in [0.1, 0.15) is 19.3 Å². The van der Waals surface area contributed by atoms with Crippen LogP contribution < -0.4 is 0 Å². The Hall–Kier alpha value is -0.290. The molecule has 0 rings (SSSR count). The molecule has 0 amide bonds. The molecule has 0 N–H and O–H groups in total. The fraction of sp³-hybridized carbons (Fsp3) is 0.500.